The molecule has 124 valence electrons. The Morgan fingerprint density at radius 3 is 2.46 bits per heavy atom. The average Bonchev–Trinajstić information content (AvgIpc) is 3.39. The Morgan fingerprint density at radius 2 is 1.79 bits per heavy atom. The number of imidazole rings is 1. The van der Waals surface area contributed by atoms with Crippen molar-refractivity contribution in [1.29, 1.82) is 0 Å². The SMILES string of the molecule is C1CC1.Cc1c(F)ccc(F)c1-c1ccc2nc(NC=O)cn2c1. The van der Waals surface area contributed by atoms with Crippen LogP contribution >= 0.6 is 0 Å². The number of carbonyl (C=O) groups is 1. The fraction of sp³-hybridized carbons (Fsp3) is 0.222. The lowest BCUT2D eigenvalue weighted by Crippen LogP contribution is -1.94. The average molecular weight is 329 g/mol. The summed E-state index contributed by atoms with van der Waals surface area (Å²) in [5.41, 5.74) is 1.60. The Bertz CT molecular complexity index is 885. The minimum absolute atomic E-state index is 0.218. The lowest BCUT2D eigenvalue weighted by atomic mass is 10.0. The summed E-state index contributed by atoms with van der Waals surface area (Å²) in [6.07, 6.45) is 8.27. The Balaban J connectivity index is 0.000000508. The molecule has 0 bridgehead atoms. The van der Waals surface area contributed by atoms with E-state index in [1.54, 1.807) is 28.9 Å². The van der Waals surface area contributed by atoms with Crippen molar-refractivity contribution >= 4 is 17.9 Å². The molecule has 4 rings (SSSR count). The summed E-state index contributed by atoms with van der Waals surface area (Å²) in [6, 6.07) is 5.55. The van der Waals surface area contributed by atoms with E-state index in [4.69, 9.17) is 0 Å². The number of amides is 1. The van der Waals surface area contributed by atoms with Crippen LogP contribution in [-0.4, -0.2) is 15.8 Å². The van der Waals surface area contributed by atoms with E-state index in [2.05, 4.69) is 10.3 Å². The van der Waals surface area contributed by atoms with E-state index >= 15 is 0 Å². The first-order chi connectivity index (χ1) is 11.6. The number of rotatable bonds is 3. The van der Waals surface area contributed by atoms with Crippen LogP contribution in [0.25, 0.3) is 16.8 Å². The number of nitrogens with zero attached hydrogens (tertiary/aromatic N) is 2. The van der Waals surface area contributed by atoms with Crippen LogP contribution in [0.3, 0.4) is 0 Å². The standard InChI is InChI=1S/C15H11F2N3O.C3H6/c1-9-11(16)3-4-12(17)15(9)10-2-5-14-19-13(18-8-21)7-20(14)6-10;1-2-3-1/h2-8H,1H3,(H,18,21);1-3H2. The second-order valence-electron chi connectivity index (χ2n) is 5.66. The molecule has 0 atom stereocenters. The third-order valence-electron chi connectivity index (χ3n) is 3.65. The van der Waals surface area contributed by atoms with E-state index in [-0.39, 0.29) is 11.1 Å². The van der Waals surface area contributed by atoms with Gasteiger partial charge in [-0.15, -0.1) is 0 Å². The minimum Gasteiger partial charge on any atom is -0.312 e. The van der Waals surface area contributed by atoms with Gasteiger partial charge >= 0.3 is 0 Å². The van der Waals surface area contributed by atoms with Crippen LogP contribution in [0.15, 0.2) is 36.7 Å². The maximum atomic E-state index is 14.0. The minimum atomic E-state index is -0.486. The molecule has 0 aliphatic heterocycles. The van der Waals surface area contributed by atoms with E-state index in [0.717, 1.165) is 12.1 Å². The van der Waals surface area contributed by atoms with Crippen LogP contribution in [0.4, 0.5) is 14.6 Å². The number of anilines is 1. The summed E-state index contributed by atoms with van der Waals surface area (Å²) < 4.78 is 29.3. The van der Waals surface area contributed by atoms with Crippen LogP contribution in [0.5, 0.6) is 0 Å². The summed E-state index contributed by atoms with van der Waals surface area (Å²) >= 11 is 0. The molecule has 0 radical (unpaired) electrons. The predicted octanol–water partition coefficient (Wildman–Crippen LogP) is 4.33. The van der Waals surface area contributed by atoms with Gasteiger partial charge in [0.2, 0.25) is 6.41 Å². The first kappa shape index (κ1) is 16.1. The number of pyridine rings is 1. The zero-order valence-electron chi connectivity index (χ0n) is 13.2. The predicted molar refractivity (Wildman–Crippen MR) is 88.8 cm³/mol. The molecule has 1 aliphatic carbocycles. The van der Waals surface area contributed by atoms with Gasteiger partial charge in [0.1, 0.15) is 17.3 Å². The number of benzene rings is 1. The molecule has 1 fully saturated rings. The summed E-state index contributed by atoms with van der Waals surface area (Å²) in [4.78, 5) is 14.6. The van der Waals surface area contributed by atoms with Gasteiger partial charge in [-0.3, -0.25) is 4.79 Å². The number of aromatic nitrogens is 2. The van der Waals surface area contributed by atoms with Crippen LogP contribution in [-0.2, 0) is 4.79 Å². The van der Waals surface area contributed by atoms with Gasteiger partial charge in [0, 0.05) is 17.3 Å². The third kappa shape index (κ3) is 3.42. The van der Waals surface area contributed by atoms with Crippen molar-refractivity contribution in [3.8, 4) is 11.1 Å². The number of halogens is 2. The van der Waals surface area contributed by atoms with Crippen molar-refractivity contribution in [3.63, 3.8) is 0 Å². The lowest BCUT2D eigenvalue weighted by molar-refractivity contribution is -0.105. The fourth-order valence-electron chi connectivity index (χ4n) is 2.28. The number of carbonyl (C=O) groups excluding carboxylic acids is 1. The normalized spacial score (nSPS) is 12.5. The van der Waals surface area contributed by atoms with Crippen molar-refractivity contribution in [2.75, 3.05) is 5.32 Å². The van der Waals surface area contributed by atoms with Crippen LogP contribution in [0.1, 0.15) is 24.8 Å². The number of hydrogen-bond donors (Lipinski definition) is 1. The van der Waals surface area contributed by atoms with E-state index in [0.29, 0.717) is 23.4 Å². The van der Waals surface area contributed by atoms with E-state index < -0.39 is 11.6 Å². The van der Waals surface area contributed by atoms with Crippen molar-refractivity contribution in [2.45, 2.75) is 26.2 Å². The largest absolute Gasteiger partial charge is 0.312 e. The highest BCUT2D eigenvalue weighted by Crippen LogP contribution is 2.28. The zero-order valence-corrected chi connectivity index (χ0v) is 13.2. The zero-order chi connectivity index (χ0) is 17.1. The molecule has 1 saturated carbocycles. The fourth-order valence-corrected chi connectivity index (χ4v) is 2.28. The monoisotopic (exact) mass is 329 g/mol. The third-order valence-corrected chi connectivity index (χ3v) is 3.65. The summed E-state index contributed by atoms with van der Waals surface area (Å²) in [7, 11) is 0. The van der Waals surface area contributed by atoms with Gasteiger partial charge in [-0.1, -0.05) is 19.3 Å². The van der Waals surface area contributed by atoms with E-state index in [1.807, 2.05) is 0 Å². The maximum Gasteiger partial charge on any atom is 0.212 e. The molecule has 0 saturated heterocycles. The second kappa shape index (κ2) is 6.78. The van der Waals surface area contributed by atoms with Crippen molar-refractivity contribution in [2.24, 2.45) is 0 Å². The Morgan fingerprint density at radius 1 is 1.08 bits per heavy atom. The maximum absolute atomic E-state index is 14.0. The van der Waals surface area contributed by atoms with Crippen molar-refractivity contribution in [1.82, 2.24) is 9.38 Å². The molecule has 0 unspecified atom stereocenters. The topological polar surface area (TPSA) is 46.4 Å². The van der Waals surface area contributed by atoms with Gasteiger partial charge in [-0.25, -0.2) is 13.8 Å². The molecule has 0 spiro atoms. The highest BCUT2D eigenvalue weighted by molar-refractivity contribution is 5.72. The summed E-state index contributed by atoms with van der Waals surface area (Å²) in [5, 5.41) is 2.44. The molecule has 2 aromatic heterocycles. The van der Waals surface area contributed by atoms with Gasteiger partial charge in [0.05, 0.1) is 6.20 Å². The van der Waals surface area contributed by atoms with Crippen LogP contribution in [0.2, 0.25) is 0 Å². The first-order valence-corrected chi connectivity index (χ1v) is 7.74. The van der Waals surface area contributed by atoms with Crippen molar-refractivity contribution in [3.05, 3.63) is 53.9 Å². The highest BCUT2D eigenvalue weighted by Gasteiger charge is 2.13. The smallest absolute Gasteiger partial charge is 0.212 e. The molecular formula is C18H17F2N3O. The van der Waals surface area contributed by atoms with Gasteiger partial charge < -0.3 is 9.72 Å². The molecule has 2 heterocycles. The van der Waals surface area contributed by atoms with Crippen LogP contribution in [0, 0.1) is 18.6 Å². The Labute approximate surface area is 138 Å². The number of hydrogen-bond acceptors (Lipinski definition) is 2. The molecule has 1 aromatic carbocycles. The summed E-state index contributed by atoms with van der Waals surface area (Å²) in [6.45, 7) is 1.53. The Kier molecular flexibility index (Phi) is 4.55. The quantitative estimate of drug-likeness (QED) is 0.727. The van der Waals surface area contributed by atoms with Crippen LogP contribution < -0.4 is 5.32 Å². The second-order valence-corrected chi connectivity index (χ2v) is 5.66. The first-order valence-electron chi connectivity index (χ1n) is 7.74. The van der Waals surface area contributed by atoms with Gasteiger partial charge in [0.15, 0.2) is 5.82 Å². The van der Waals surface area contributed by atoms with Gasteiger partial charge in [-0.2, -0.15) is 0 Å². The van der Waals surface area contributed by atoms with Gasteiger partial charge in [-0.05, 0) is 36.8 Å². The molecule has 6 heteroatoms. The summed E-state index contributed by atoms with van der Waals surface area (Å²) in [5.74, 6) is -0.557. The Hall–Kier alpha value is -2.76. The van der Waals surface area contributed by atoms with Gasteiger partial charge in [0.25, 0.3) is 0 Å². The molecule has 24 heavy (non-hydrogen) atoms. The molecule has 4 nitrogen and oxygen atoms in total. The van der Waals surface area contributed by atoms with E-state index in [1.165, 1.54) is 26.2 Å². The number of fused-ring (bicyclic) bond motifs is 1. The number of nitrogens with one attached hydrogen (secondary N) is 1. The van der Waals surface area contributed by atoms with Crippen molar-refractivity contribution < 1.29 is 13.6 Å². The molecule has 1 N–H and O–H groups in total. The molecule has 3 aromatic rings. The lowest BCUT2D eigenvalue weighted by Gasteiger charge is -2.09. The molecule has 1 aliphatic rings. The van der Waals surface area contributed by atoms with E-state index in [9.17, 15) is 13.6 Å². The molecular weight excluding hydrogens is 312 g/mol. The molecule has 1 amide bonds. The highest BCUT2D eigenvalue weighted by atomic mass is 19.1.